The van der Waals surface area contributed by atoms with Gasteiger partial charge in [-0.25, -0.2) is 4.79 Å². The van der Waals surface area contributed by atoms with Gasteiger partial charge in [-0.1, -0.05) is 42.5 Å². The molecule has 0 unspecified atom stereocenters. The highest BCUT2D eigenvalue weighted by molar-refractivity contribution is 5.82. The van der Waals surface area contributed by atoms with Gasteiger partial charge in [-0.15, -0.1) is 0 Å². The monoisotopic (exact) mass is 282 g/mol. The summed E-state index contributed by atoms with van der Waals surface area (Å²) < 4.78 is 4.95. The SMILES string of the molecule is CCOC(=O)[C@](C)(O)c1ccc2c(c1)Cc1ccccc1-2. The molecule has 3 nitrogen and oxygen atoms in total. The number of carbonyl (C=O) groups excluding carboxylic acids is 1. The second-order valence-corrected chi connectivity index (χ2v) is 5.50. The standard InChI is InChI=1S/C18H18O3/c1-3-21-17(19)18(2,20)14-8-9-16-13(11-14)10-12-6-4-5-7-15(12)16/h4-9,11,20H,3,10H2,1-2H3/t18-/m1/s1. The smallest absolute Gasteiger partial charge is 0.342 e. The van der Waals surface area contributed by atoms with E-state index in [-0.39, 0.29) is 6.61 Å². The van der Waals surface area contributed by atoms with E-state index in [4.69, 9.17) is 4.74 Å². The molecule has 0 saturated heterocycles. The first kappa shape index (κ1) is 13.8. The van der Waals surface area contributed by atoms with Crippen molar-refractivity contribution in [2.24, 2.45) is 0 Å². The Bertz CT molecular complexity index is 701. The van der Waals surface area contributed by atoms with Crippen molar-refractivity contribution in [1.29, 1.82) is 0 Å². The largest absolute Gasteiger partial charge is 0.464 e. The van der Waals surface area contributed by atoms with E-state index in [1.807, 2.05) is 24.3 Å². The molecule has 21 heavy (non-hydrogen) atoms. The van der Waals surface area contributed by atoms with Crippen molar-refractivity contribution in [3.05, 3.63) is 59.2 Å². The van der Waals surface area contributed by atoms with Crippen molar-refractivity contribution >= 4 is 5.97 Å². The maximum Gasteiger partial charge on any atom is 0.342 e. The molecule has 0 amide bonds. The van der Waals surface area contributed by atoms with E-state index in [1.165, 1.54) is 23.6 Å². The molecule has 1 aliphatic rings. The summed E-state index contributed by atoms with van der Waals surface area (Å²) in [5, 5.41) is 10.5. The maximum atomic E-state index is 11.9. The Morgan fingerprint density at radius 2 is 1.90 bits per heavy atom. The Hall–Kier alpha value is -2.13. The molecule has 0 fully saturated rings. The minimum absolute atomic E-state index is 0.255. The Morgan fingerprint density at radius 3 is 2.67 bits per heavy atom. The van der Waals surface area contributed by atoms with Crippen LogP contribution in [0.5, 0.6) is 0 Å². The molecular weight excluding hydrogens is 264 g/mol. The minimum Gasteiger partial charge on any atom is -0.464 e. The molecule has 1 aliphatic carbocycles. The molecular formula is C18H18O3. The molecule has 0 aliphatic heterocycles. The molecule has 1 N–H and O–H groups in total. The van der Waals surface area contributed by atoms with Crippen molar-refractivity contribution in [2.75, 3.05) is 6.61 Å². The summed E-state index contributed by atoms with van der Waals surface area (Å²) in [5.74, 6) is -0.611. The van der Waals surface area contributed by atoms with Gasteiger partial charge in [-0.05, 0) is 48.1 Å². The number of hydrogen-bond acceptors (Lipinski definition) is 3. The van der Waals surface area contributed by atoms with E-state index >= 15 is 0 Å². The summed E-state index contributed by atoms with van der Waals surface area (Å²) in [7, 11) is 0. The molecule has 1 atom stereocenters. The Balaban J connectivity index is 1.99. The number of aliphatic hydroxyl groups is 1. The van der Waals surface area contributed by atoms with Crippen LogP contribution in [0.3, 0.4) is 0 Å². The van der Waals surface area contributed by atoms with Gasteiger partial charge in [0.15, 0.2) is 5.60 Å². The summed E-state index contributed by atoms with van der Waals surface area (Å²) in [6.45, 7) is 3.47. The second-order valence-electron chi connectivity index (χ2n) is 5.50. The van der Waals surface area contributed by atoms with Crippen LogP contribution in [-0.2, 0) is 21.6 Å². The van der Waals surface area contributed by atoms with Crippen molar-refractivity contribution in [1.82, 2.24) is 0 Å². The number of ether oxygens (including phenoxy) is 1. The van der Waals surface area contributed by atoms with Crippen LogP contribution in [0.25, 0.3) is 11.1 Å². The molecule has 3 heteroatoms. The van der Waals surface area contributed by atoms with Gasteiger partial charge in [-0.3, -0.25) is 0 Å². The average molecular weight is 282 g/mol. The molecule has 0 saturated carbocycles. The molecule has 0 radical (unpaired) electrons. The first-order valence-corrected chi connectivity index (χ1v) is 7.15. The fourth-order valence-corrected chi connectivity index (χ4v) is 2.84. The quantitative estimate of drug-likeness (QED) is 0.751. The van der Waals surface area contributed by atoms with E-state index in [0.29, 0.717) is 5.56 Å². The van der Waals surface area contributed by atoms with Gasteiger partial charge in [-0.2, -0.15) is 0 Å². The van der Waals surface area contributed by atoms with E-state index in [9.17, 15) is 9.90 Å². The zero-order chi connectivity index (χ0) is 15.0. The van der Waals surface area contributed by atoms with Crippen LogP contribution in [0.4, 0.5) is 0 Å². The number of fused-ring (bicyclic) bond motifs is 3. The van der Waals surface area contributed by atoms with Crippen molar-refractivity contribution < 1.29 is 14.6 Å². The van der Waals surface area contributed by atoms with Crippen LogP contribution in [0, 0.1) is 0 Å². The minimum atomic E-state index is -1.61. The van der Waals surface area contributed by atoms with Crippen LogP contribution in [0.15, 0.2) is 42.5 Å². The van der Waals surface area contributed by atoms with Crippen LogP contribution < -0.4 is 0 Å². The Morgan fingerprint density at radius 1 is 1.19 bits per heavy atom. The number of carbonyl (C=O) groups is 1. The fourth-order valence-electron chi connectivity index (χ4n) is 2.84. The lowest BCUT2D eigenvalue weighted by Gasteiger charge is -2.22. The molecule has 2 aromatic carbocycles. The van der Waals surface area contributed by atoms with Crippen molar-refractivity contribution in [3.63, 3.8) is 0 Å². The van der Waals surface area contributed by atoms with Crippen LogP contribution >= 0.6 is 0 Å². The van der Waals surface area contributed by atoms with Crippen LogP contribution in [0.2, 0.25) is 0 Å². The van der Waals surface area contributed by atoms with Crippen LogP contribution in [-0.4, -0.2) is 17.7 Å². The Labute approximate surface area is 124 Å². The number of hydrogen-bond donors (Lipinski definition) is 1. The molecule has 0 heterocycles. The molecule has 0 bridgehead atoms. The van der Waals surface area contributed by atoms with Gasteiger partial charge in [0, 0.05) is 0 Å². The highest BCUT2D eigenvalue weighted by Crippen LogP contribution is 2.38. The van der Waals surface area contributed by atoms with E-state index in [2.05, 4.69) is 12.1 Å². The normalized spacial score (nSPS) is 15.0. The van der Waals surface area contributed by atoms with Gasteiger partial charge >= 0.3 is 5.97 Å². The lowest BCUT2D eigenvalue weighted by molar-refractivity contribution is -0.164. The molecule has 0 aromatic heterocycles. The summed E-state index contributed by atoms with van der Waals surface area (Å²) in [6.07, 6.45) is 0.832. The van der Waals surface area contributed by atoms with E-state index < -0.39 is 11.6 Å². The molecule has 0 spiro atoms. The van der Waals surface area contributed by atoms with Gasteiger partial charge in [0.05, 0.1) is 6.61 Å². The Kier molecular flexibility index (Phi) is 3.30. The van der Waals surface area contributed by atoms with Gasteiger partial charge in [0.2, 0.25) is 0 Å². The third-order valence-electron chi connectivity index (χ3n) is 4.03. The average Bonchev–Trinajstić information content (AvgIpc) is 2.85. The highest BCUT2D eigenvalue weighted by Gasteiger charge is 2.35. The highest BCUT2D eigenvalue weighted by atomic mass is 16.5. The van der Waals surface area contributed by atoms with E-state index in [1.54, 1.807) is 13.0 Å². The molecule has 108 valence electrons. The predicted octanol–water partition coefficient (Wildman–Crippen LogP) is 3.03. The van der Waals surface area contributed by atoms with E-state index in [0.717, 1.165) is 12.0 Å². The fraction of sp³-hybridized carbons (Fsp3) is 0.278. The summed E-state index contributed by atoms with van der Waals surface area (Å²) in [5.41, 5.74) is 3.79. The summed E-state index contributed by atoms with van der Waals surface area (Å²) in [6, 6.07) is 14.0. The third kappa shape index (κ3) is 2.24. The third-order valence-corrected chi connectivity index (χ3v) is 4.03. The zero-order valence-electron chi connectivity index (χ0n) is 12.2. The molecule has 3 rings (SSSR count). The summed E-state index contributed by atoms with van der Waals surface area (Å²) in [4.78, 5) is 11.9. The van der Waals surface area contributed by atoms with Gasteiger partial charge in [0.1, 0.15) is 0 Å². The molecule has 2 aromatic rings. The van der Waals surface area contributed by atoms with Crippen LogP contribution in [0.1, 0.15) is 30.5 Å². The second kappa shape index (κ2) is 5.01. The topological polar surface area (TPSA) is 46.5 Å². The van der Waals surface area contributed by atoms with Gasteiger partial charge < -0.3 is 9.84 Å². The maximum absolute atomic E-state index is 11.9. The predicted molar refractivity (Wildman–Crippen MR) is 80.9 cm³/mol. The van der Waals surface area contributed by atoms with Gasteiger partial charge in [0.25, 0.3) is 0 Å². The lowest BCUT2D eigenvalue weighted by atomic mass is 9.92. The number of rotatable bonds is 3. The number of benzene rings is 2. The first-order valence-electron chi connectivity index (χ1n) is 7.15. The zero-order valence-corrected chi connectivity index (χ0v) is 12.2. The number of esters is 1. The lowest BCUT2D eigenvalue weighted by Crippen LogP contribution is -2.34. The van der Waals surface area contributed by atoms with Crippen molar-refractivity contribution in [3.8, 4) is 11.1 Å². The van der Waals surface area contributed by atoms with Crippen molar-refractivity contribution in [2.45, 2.75) is 25.9 Å². The first-order chi connectivity index (χ1) is 10.0. The summed E-state index contributed by atoms with van der Waals surface area (Å²) >= 11 is 0.